The summed E-state index contributed by atoms with van der Waals surface area (Å²) in [5.41, 5.74) is 1.39. The number of thiazole rings is 1. The summed E-state index contributed by atoms with van der Waals surface area (Å²) in [5.74, 6) is -0.541. The van der Waals surface area contributed by atoms with E-state index in [0.29, 0.717) is 22.9 Å². The van der Waals surface area contributed by atoms with E-state index in [2.05, 4.69) is 4.98 Å². The minimum absolute atomic E-state index is 0.141. The van der Waals surface area contributed by atoms with E-state index in [4.69, 9.17) is 9.84 Å². The van der Waals surface area contributed by atoms with Gasteiger partial charge in [-0.05, 0) is 25.0 Å². The van der Waals surface area contributed by atoms with Gasteiger partial charge in [-0.3, -0.25) is 0 Å². The van der Waals surface area contributed by atoms with Crippen molar-refractivity contribution in [2.24, 2.45) is 5.92 Å². The van der Waals surface area contributed by atoms with Crippen LogP contribution in [-0.4, -0.2) is 22.7 Å². The highest BCUT2D eigenvalue weighted by Gasteiger charge is 2.19. The van der Waals surface area contributed by atoms with Crippen molar-refractivity contribution in [3.05, 3.63) is 33.8 Å². The first-order valence-corrected chi connectivity index (χ1v) is 8.01. The van der Waals surface area contributed by atoms with Crippen LogP contribution < -0.4 is 4.74 Å². The van der Waals surface area contributed by atoms with Crippen LogP contribution in [0.3, 0.4) is 0 Å². The average molecular weight is 341 g/mol. The third-order valence-corrected chi connectivity index (χ3v) is 4.32. The van der Waals surface area contributed by atoms with E-state index in [1.807, 2.05) is 26.0 Å². The molecule has 0 spiro atoms. The summed E-state index contributed by atoms with van der Waals surface area (Å²) in [6, 6.07) is 7.21. The van der Waals surface area contributed by atoms with Gasteiger partial charge >= 0.3 is 5.97 Å². The molecule has 2 rings (SSSR count). The highest BCUT2D eigenvalue weighted by Crippen LogP contribution is 2.34. The number of hydrogen-bond donors (Lipinski definition) is 1. The Morgan fingerprint density at radius 1 is 1.33 bits per heavy atom. The normalized spacial score (nSPS) is 10.2. The number of aromatic nitrogens is 1. The number of hydrogen-bond acceptors (Lipinski definition) is 6. The highest BCUT2D eigenvalue weighted by molar-refractivity contribution is 7.17. The van der Waals surface area contributed by atoms with E-state index >= 15 is 0 Å². The first-order valence-electron chi connectivity index (χ1n) is 7.19. The number of ether oxygens (including phenoxy) is 1. The number of carbonyl (C=O) groups is 1. The molecule has 122 valence electrons. The van der Waals surface area contributed by atoms with Gasteiger partial charge in [-0.2, -0.15) is 10.5 Å². The lowest BCUT2D eigenvalue weighted by atomic mass is 10.1. The standard InChI is InChI=1S/C17H15N3O3S/c1-9(2)8-23-14-12(6-18)4-11(5-13(14)7-19)16-20-10(3)15(24-16)17(21)22/h4-5,9H,8H2,1-3H3,(H,21,22). The predicted molar refractivity (Wildman–Crippen MR) is 89.0 cm³/mol. The summed E-state index contributed by atoms with van der Waals surface area (Å²) >= 11 is 1.01. The van der Waals surface area contributed by atoms with Gasteiger partial charge in [0, 0.05) is 5.56 Å². The Kier molecular flexibility index (Phi) is 5.18. The van der Waals surface area contributed by atoms with Gasteiger partial charge in [-0.1, -0.05) is 13.8 Å². The molecule has 0 aliphatic carbocycles. The molecule has 0 aliphatic rings. The van der Waals surface area contributed by atoms with Crippen molar-refractivity contribution in [3.63, 3.8) is 0 Å². The van der Waals surface area contributed by atoms with Crippen LogP contribution in [0.15, 0.2) is 12.1 Å². The molecule has 1 heterocycles. The Morgan fingerprint density at radius 2 is 1.92 bits per heavy atom. The maximum Gasteiger partial charge on any atom is 0.347 e. The molecule has 0 aliphatic heterocycles. The van der Waals surface area contributed by atoms with Crippen molar-refractivity contribution in [3.8, 4) is 28.5 Å². The van der Waals surface area contributed by atoms with E-state index in [1.54, 1.807) is 19.1 Å². The molecule has 24 heavy (non-hydrogen) atoms. The quantitative estimate of drug-likeness (QED) is 0.890. The maximum absolute atomic E-state index is 11.2. The van der Waals surface area contributed by atoms with Crippen LogP contribution in [0.1, 0.15) is 40.3 Å². The van der Waals surface area contributed by atoms with E-state index in [0.717, 1.165) is 11.3 Å². The summed E-state index contributed by atoms with van der Waals surface area (Å²) in [6.07, 6.45) is 0. The van der Waals surface area contributed by atoms with Gasteiger partial charge in [0.25, 0.3) is 0 Å². The Bertz CT molecular complexity index is 837. The third kappa shape index (κ3) is 3.53. The molecule has 6 nitrogen and oxygen atoms in total. The summed E-state index contributed by atoms with van der Waals surface area (Å²) in [7, 11) is 0. The maximum atomic E-state index is 11.2. The Balaban J connectivity index is 2.54. The molecule has 0 saturated heterocycles. The molecule has 7 heteroatoms. The van der Waals surface area contributed by atoms with Crippen LogP contribution in [0, 0.1) is 35.5 Å². The fourth-order valence-electron chi connectivity index (χ4n) is 2.04. The fraction of sp³-hybridized carbons (Fsp3) is 0.294. The average Bonchev–Trinajstić information content (AvgIpc) is 2.94. The molecule has 0 unspecified atom stereocenters. The molecular weight excluding hydrogens is 326 g/mol. The van der Waals surface area contributed by atoms with Gasteiger partial charge in [-0.25, -0.2) is 9.78 Å². The van der Waals surface area contributed by atoms with E-state index in [1.165, 1.54) is 0 Å². The fourth-order valence-corrected chi connectivity index (χ4v) is 2.93. The smallest absolute Gasteiger partial charge is 0.347 e. The molecule has 1 aromatic heterocycles. The second kappa shape index (κ2) is 7.12. The van der Waals surface area contributed by atoms with Crippen molar-refractivity contribution in [1.82, 2.24) is 4.98 Å². The largest absolute Gasteiger partial charge is 0.491 e. The van der Waals surface area contributed by atoms with Crippen molar-refractivity contribution in [2.45, 2.75) is 20.8 Å². The lowest BCUT2D eigenvalue weighted by Crippen LogP contribution is -2.07. The topological polar surface area (TPSA) is 107 Å². The molecule has 2 aromatic rings. The zero-order valence-electron chi connectivity index (χ0n) is 13.5. The number of benzene rings is 1. The van der Waals surface area contributed by atoms with Crippen LogP contribution in [0.4, 0.5) is 0 Å². The van der Waals surface area contributed by atoms with Crippen molar-refractivity contribution in [1.29, 1.82) is 10.5 Å². The number of nitrogens with zero attached hydrogens (tertiary/aromatic N) is 3. The van der Waals surface area contributed by atoms with Gasteiger partial charge in [0.05, 0.1) is 23.4 Å². The summed E-state index contributed by atoms with van der Waals surface area (Å²) in [5, 5.41) is 28.3. The Hall–Kier alpha value is -2.90. The zero-order chi connectivity index (χ0) is 17.9. The highest BCUT2D eigenvalue weighted by atomic mass is 32.1. The van der Waals surface area contributed by atoms with Crippen molar-refractivity contribution in [2.75, 3.05) is 6.61 Å². The van der Waals surface area contributed by atoms with Gasteiger partial charge in [-0.15, -0.1) is 11.3 Å². The summed E-state index contributed by atoms with van der Waals surface area (Å²) < 4.78 is 5.61. The Morgan fingerprint density at radius 3 is 2.33 bits per heavy atom. The second-order valence-corrected chi connectivity index (χ2v) is 6.57. The second-order valence-electron chi connectivity index (χ2n) is 5.57. The third-order valence-electron chi connectivity index (χ3n) is 3.13. The molecule has 1 aromatic carbocycles. The van der Waals surface area contributed by atoms with Crippen LogP contribution in [0.2, 0.25) is 0 Å². The first kappa shape index (κ1) is 17.5. The number of carboxylic acids is 1. The zero-order valence-corrected chi connectivity index (χ0v) is 14.3. The summed E-state index contributed by atoms with van der Waals surface area (Å²) in [6.45, 7) is 5.94. The van der Waals surface area contributed by atoms with Crippen LogP contribution in [0.5, 0.6) is 5.75 Å². The lowest BCUT2D eigenvalue weighted by Gasteiger charge is -2.12. The van der Waals surface area contributed by atoms with Crippen LogP contribution in [-0.2, 0) is 0 Å². The molecule has 0 fully saturated rings. The van der Waals surface area contributed by atoms with E-state index in [-0.39, 0.29) is 27.7 Å². The monoisotopic (exact) mass is 341 g/mol. The SMILES string of the molecule is Cc1nc(-c2cc(C#N)c(OCC(C)C)c(C#N)c2)sc1C(=O)O. The van der Waals surface area contributed by atoms with Gasteiger partial charge < -0.3 is 9.84 Å². The number of nitriles is 2. The molecule has 1 N–H and O–H groups in total. The molecule has 0 saturated carbocycles. The molecular formula is C17H15N3O3S. The number of aryl methyl sites for hydroxylation is 1. The molecule has 0 bridgehead atoms. The lowest BCUT2D eigenvalue weighted by molar-refractivity contribution is 0.0701. The van der Waals surface area contributed by atoms with E-state index < -0.39 is 5.97 Å². The van der Waals surface area contributed by atoms with Crippen LogP contribution in [0.25, 0.3) is 10.6 Å². The first-order chi connectivity index (χ1) is 11.4. The van der Waals surface area contributed by atoms with Gasteiger partial charge in [0.15, 0.2) is 5.75 Å². The van der Waals surface area contributed by atoms with Crippen molar-refractivity contribution < 1.29 is 14.6 Å². The number of aromatic carboxylic acids is 1. The van der Waals surface area contributed by atoms with E-state index in [9.17, 15) is 15.3 Å². The van der Waals surface area contributed by atoms with Crippen LogP contribution >= 0.6 is 11.3 Å². The number of rotatable bonds is 5. The van der Waals surface area contributed by atoms with Gasteiger partial charge in [0.1, 0.15) is 22.0 Å². The minimum Gasteiger partial charge on any atom is -0.491 e. The minimum atomic E-state index is -1.05. The van der Waals surface area contributed by atoms with Crippen molar-refractivity contribution >= 4 is 17.3 Å². The summed E-state index contributed by atoms with van der Waals surface area (Å²) in [4.78, 5) is 15.5. The molecule has 0 radical (unpaired) electrons. The van der Waals surface area contributed by atoms with Gasteiger partial charge in [0.2, 0.25) is 0 Å². The number of carboxylic acid groups (broad SMARTS) is 1. The predicted octanol–water partition coefficient (Wildman–Crippen LogP) is 3.59. The Labute approximate surface area is 143 Å². The molecule has 0 amide bonds. The molecule has 0 atom stereocenters.